The van der Waals surface area contributed by atoms with Crippen molar-refractivity contribution in [3.63, 3.8) is 0 Å². The molecule has 0 bridgehead atoms. The number of nitrogens with one attached hydrogen (secondary N) is 1. The van der Waals surface area contributed by atoms with Gasteiger partial charge in [-0.1, -0.05) is 35.9 Å². The molecule has 1 aromatic heterocycles. The van der Waals surface area contributed by atoms with E-state index >= 15 is 0 Å². The van der Waals surface area contributed by atoms with Crippen LogP contribution in [-0.2, 0) is 17.9 Å². The van der Waals surface area contributed by atoms with Crippen LogP contribution in [0.25, 0.3) is 0 Å². The minimum absolute atomic E-state index is 0.0535. The molecule has 0 atom stereocenters. The normalized spacial score (nSPS) is 10.2. The molecule has 0 spiro atoms. The Hall–Kier alpha value is -2.36. The largest absolute Gasteiger partial charge is 0.352 e. The Balaban J connectivity index is 1.82. The highest BCUT2D eigenvalue weighted by Crippen LogP contribution is 2.03. The van der Waals surface area contributed by atoms with Crippen molar-refractivity contribution >= 4 is 5.91 Å². The molecule has 1 amide bonds. The van der Waals surface area contributed by atoms with E-state index in [-0.39, 0.29) is 11.5 Å². The predicted octanol–water partition coefficient (Wildman–Crippen LogP) is 1.86. The molecule has 2 aromatic rings. The van der Waals surface area contributed by atoms with Gasteiger partial charge in [0.15, 0.2) is 0 Å². The minimum atomic E-state index is -0.0843. The molecule has 1 aromatic carbocycles. The number of carbonyl (C=O) groups is 1. The lowest BCUT2D eigenvalue weighted by atomic mass is 10.1. The molecule has 4 heteroatoms. The average molecular weight is 270 g/mol. The molecule has 0 saturated carbocycles. The van der Waals surface area contributed by atoms with Crippen LogP contribution < -0.4 is 10.9 Å². The molecule has 0 aliphatic carbocycles. The number of nitrogens with zero attached hydrogens (tertiary/aromatic N) is 1. The van der Waals surface area contributed by atoms with Gasteiger partial charge in [0.05, 0.1) is 0 Å². The van der Waals surface area contributed by atoms with Crippen LogP contribution >= 0.6 is 0 Å². The number of carbonyl (C=O) groups excluding carboxylic acids is 1. The van der Waals surface area contributed by atoms with E-state index in [0.29, 0.717) is 19.5 Å². The Morgan fingerprint density at radius 1 is 1.20 bits per heavy atom. The lowest BCUT2D eigenvalue weighted by Gasteiger charge is -2.07. The van der Waals surface area contributed by atoms with E-state index in [2.05, 4.69) is 5.32 Å². The maximum atomic E-state index is 11.8. The number of hydrogen-bond donors (Lipinski definition) is 1. The maximum absolute atomic E-state index is 11.8. The number of aromatic nitrogens is 1. The quantitative estimate of drug-likeness (QED) is 0.901. The monoisotopic (exact) mass is 270 g/mol. The number of hydrogen-bond acceptors (Lipinski definition) is 2. The molecule has 4 nitrogen and oxygen atoms in total. The molecule has 0 aliphatic heterocycles. The van der Waals surface area contributed by atoms with Crippen LogP contribution in [0.15, 0.2) is 53.5 Å². The molecule has 0 unspecified atom stereocenters. The third-order valence-electron chi connectivity index (χ3n) is 3.05. The molecular weight excluding hydrogens is 252 g/mol. The van der Waals surface area contributed by atoms with E-state index in [0.717, 1.165) is 5.56 Å². The smallest absolute Gasteiger partial charge is 0.250 e. The average Bonchev–Trinajstić information content (AvgIpc) is 2.44. The first-order valence-electron chi connectivity index (χ1n) is 6.63. The van der Waals surface area contributed by atoms with Gasteiger partial charge in [0, 0.05) is 31.8 Å². The molecule has 1 heterocycles. The molecule has 0 saturated heterocycles. The summed E-state index contributed by atoms with van der Waals surface area (Å²) in [6.07, 6.45) is 1.99. The van der Waals surface area contributed by atoms with Crippen molar-refractivity contribution in [1.29, 1.82) is 0 Å². The van der Waals surface area contributed by atoms with Crippen LogP contribution in [0.4, 0.5) is 0 Å². The molecular formula is C16H18N2O2. The zero-order valence-electron chi connectivity index (χ0n) is 11.5. The van der Waals surface area contributed by atoms with Crippen molar-refractivity contribution in [3.05, 3.63) is 70.1 Å². The van der Waals surface area contributed by atoms with Crippen molar-refractivity contribution in [3.8, 4) is 0 Å². The number of rotatable bonds is 5. The number of pyridine rings is 1. The molecule has 1 N–H and O–H groups in total. The van der Waals surface area contributed by atoms with Gasteiger partial charge in [-0.15, -0.1) is 0 Å². The molecule has 2 rings (SSSR count). The number of aryl methyl sites for hydroxylation is 2. The fourth-order valence-electron chi connectivity index (χ4n) is 1.98. The third kappa shape index (κ3) is 4.09. The van der Waals surface area contributed by atoms with Crippen LogP contribution in [0.5, 0.6) is 0 Å². The number of amides is 1. The molecule has 20 heavy (non-hydrogen) atoms. The van der Waals surface area contributed by atoms with Gasteiger partial charge >= 0.3 is 0 Å². The Morgan fingerprint density at radius 2 is 2.05 bits per heavy atom. The SMILES string of the molecule is Cc1cccc(CNC(=O)CCn2ccccc2=O)c1. The highest BCUT2D eigenvalue weighted by Gasteiger charge is 2.02. The second kappa shape index (κ2) is 6.70. The van der Waals surface area contributed by atoms with E-state index in [1.54, 1.807) is 18.3 Å². The number of benzene rings is 1. The van der Waals surface area contributed by atoms with Crippen LogP contribution in [0.2, 0.25) is 0 Å². The van der Waals surface area contributed by atoms with Crippen LogP contribution in [0.1, 0.15) is 17.5 Å². The van der Waals surface area contributed by atoms with Gasteiger partial charge in [-0.3, -0.25) is 9.59 Å². The first kappa shape index (κ1) is 14.1. The van der Waals surface area contributed by atoms with Gasteiger partial charge in [0.25, 0.3) is 5.56 Å². The minimum Gasteiger partial charge on any atom is -0.352 e. The summed E-state index contributed by atoms with van der Waals surface area (Å²) >= 11 is 0. The van der Waals surface area contributed by atoms with Crippen molar-refractivity contribution in [1.82, 2.24) is 9.88 Å². The van der Waals surface area contributed by atoms with E-state index in [1.165, 1.54) is 16.2 Å². The Bertz CT molecular complexity index is 647. The van der Waals surface area contributed by atoms with Gasteiger partial charge < -0.3 is 9.88 Å². The fraction of sp³-hybridized carbons (Fsp3) is 0.250. The Kier molecular flexibility index (Phi) is 4.71. The van der Waals surface area contributed by atoms with E-state index in [9.17, 15) is 9.59 Å². The standard InChI is InChI=1S/C16H18N2O2/c1-13-5-4-6-14(11-13)12-17-15(19)8-10-18-9-3-2-7-16(18)20/h2-7,9,11H,8,10,12H2,1H3,(H,17,19). The van der Waals surface area contributed by atoms with Crippen LogP contribution in [0.3, 0.4) is 0 Å². The zero-order chi connectivity index (χ0) is 14.4. The van der Waals surface area contributed by atoms with Gasteiger partial charge in [-0.25, -0.2) is 0 Å². The lowest BCUT2D eigenvalue weighted by Crippen LogP contribution is -2.26. The summed E-state index contributed by atoms with van der Waals surface area (Å²) < 4.78 is 1.53. The summed E-state index contributed by atoms with van der Waals surface area (Å²) in [6.45, 7) is 2.94. The summed E-state index contributed by atoms with van der Waals surface area (Å²) in [5.41, 5.74) is 2.17. The zero-order valence-corrected chi connectivity index (χ0v) is 11.5. The summed E-state index contributed by atoms with van der Waals surface area (Å²) in [7, 11) is 0. The van der Waals surface area contributed by atoms with Crippen LogP contribution in [0, 0.1) is 6.92 Å². The van der Waals surface area contributed by atoms with Crippen molar-refractivity contribution < 1.29 is 4.79 Å². The first-order valence-corrected chi connectivity index (χ1v) is 6.63. The molecule has 0 radical (unpaired) electrons. The summed E-state index contributed by atoms with van der Waals surface area (Å²) in [4.78, 5) is 23.2. The first-order chi connectivity index (χ1) is 9.65. The van der Waals surface area contributed by atoms with E-state index in [1.807, 2.05) is 31.2 Å². The van der Waals surface area contributed by atoms with E-state index < -0.39 is 0 Å². The van der Waals surface area contributed by atoms with Gasteiger partial charge in [0.1, 0.15) is 0 Å². The predicted molar refractivity (Wildman–Crippen MR) is 78.3 cm³/mol. The summed E-state index contributed by atoms with van der Waals surface area (Å²) in [5.74, 6) is -0.0535. The van der Waals surface area contributed by atoms with Crippen molar-refractivity contribution in [2.75, 3.05) is 0 Å². The second-order valence-electron chi connectivity index (χ2n) is 4.75. The molecule has 0 aliphatic rings. The summed E-state index contributed by atoms with van der Waals surface area (Å²) in [5, 5.41) is 2.86. The maximum Gasteiger partial charge on any atom is 0.250 e. The third-order valence-corrected chi connectivity index (χ3v) is 3.05. The van der Waals surface area contributed by atoms with Crippen molar-refractivity contribution in [2.24, 2.45) is 0 Å². The highest BCUT2D eigenvalue weighted by atomic mass is 16.1. The van der Waals surface area contributed by atoms with E-state index in [4.69, 9.17) is 0 Å². The highest BCUT2D eigenvalue weighted by molar-refractivity contribution is 5.75. The Labute approximate surface area is 118 Å². The lowest BCUT2D eigenvalue weighted by molar-refractivity contribution is -0.121. The van der Waals surface area contributed by atoms with Gasteiger partial charge in [0.2, 0.25) is 5.91 Å². The topological polar surface area (TPSA) is 51.1 Å². The van der Waals surface area contributed by atoms with Gasteiger partial charge in [-0.05, 0) is 18.6 Å². The van der Waals surface area contributed by atoms with Gasteiger partial charge in [-0.2, -0.15) is 0 Å². The molecule has 104 valence electrons. The van der Waals surface area contributed by atoms with Crippen molar-refractivity contribution in [2.45, 2.75) is 26.4 Å². The van der Waals surface area contributed by atoms with Crippen LogP contribution in [-0.4, -0.2) is 10.5 Å². The molecule has 0 fully saturated rings. The fourth-order valence-corrected chi connectivity index (χ4v) is 1.98. The summed E-state index contributed by atoms with van der Waals surface area (Å²) in [6, 6.07) is 13.0. The Morgan fingerprint density at radius 3 is 2.80 bits per heavy atom. The second-order valence-corrected chi connectivity index (χ2v) is 4.75.